The highest BCUT2D eigenvalue weighted by Gasteiger charge is 2.30. The maximum absolute atomic E-state index is 6.23. The monoisotopic (exact) mass is 331 g/mol. The minimum Gasteiger partial charge on any atom is -0.383 e. The third-order valence-corrected chi connectivity index (χ3v) is 4.67. The van der Waals surface area contributed by atoms with E-state index in [9.17, 15) is 0 Å². The topological polar surface area (TPSA) is 21.3 Å². The van der Waals surface area contributed by atoms with E-state index in [1.165, 1.54) is 5.56 Å². The molecule has 0 aliphatic carbocycles. The SMILES string of the molecule is CCCC(CCC)(CNCCOC)c1ccc(Cl)c(Cl)c1. The number of halogens is 2. The Labute approximate surface area is 139 Å². The van der Waals surface area contributed by atoms with Crippen LogP contribution in [0, 0.1) is 0 Å². The average molecular weight is 332 g/mol. The molecular formula is C17H27Cl2NO. The first-order valence-corrected chi connectivity index (χ1v) is 8.50. The van der Waals surface area contributed by atoms with Crippen LogP contribution < -0.4 is 5.32 Å². The van der Waals surface area contributed by atoms with Crippen molar-refractivity contribution in [2.45, 2.75) is 44.9 Å². The van der Waals surface area contributed by atoms with Gasteiger partial charge in [0.2, 0.25) is 0 Å². The zero-order valence-electron chi connectivity index (χ0n) is 13.3. The molecule has 0 spiro atoms. The number of ether oxygens (including phenoxy) is 1. The first kappa shape index (κ1) is 18.8. The molecule has 0 aliphatic rings. The molecular weight excluding hydrogens is 305 g/mol. The highest BCUT2D eigenvalue weighted by atomic mass is 35.5. The van der Waals surface area contributed by atoms with Crippen molar-refractivity contribution in [3.63, 3.8) is 0 Å². The second kappa shape index (κ2) is 9.68. The van der Waals surface area contributed by atoms with Crippen molar-refractivity contribution in [2.24, 2.45) is 0 Å². The van der Waals surface area contributed by atoms with Gasteiger partial charge in [-0.2, -0.15) is 0 Å². The van der Waals surface area contributed by atoms with E-state index in [1.54, 1.807) is 7.11 Å². The largest absolute Gasteiger partial charge is 0.383 e. The third-order valence-electron chi connectivity index (χ3n) is 3.94. The van der Waals surface area contributed by atoms with Crippen molar-refractivity contribution in [1.82, 2.24) is 5.32 Å². The van der Waals surface area contributed by atoms with E-state index in [0.29, 0.717) is 10.0 Å². The van der Waals surface area contributed by atoms with Gasteiger partial charge in [-0.15, -0.1) is 0 Å². The highest BCUT2D eigenvalue weighted by molar-refractivity contribution is 6.42. The van der Waals surface area contributed by atoms with Crippen LogP contribution in [-0.2, 0) is 10.2 Å². The van der Waals surface area contributed by atoms with Gasteiger partial charge in [-0.3, -0.25) is 0 Å². The smallest absolute Gasteiger partial charge is 0.0595 e. The molecule has 0 aromatic heterocycles. The summed E-state index contributed by atoms with van der Waals surface area (Å²) in [5.41, 5.74) is 1.40. The van der Waals surface area contributed by atoms with Gasteiger partial charge in [-0.05, 0) is 30.5 Å². The molecule has 0 radical (unpaired) electrons. The Hall–Kier alpha value is -0.280. The molecule has 0 saturated heterocycles. The summed E-state index contributed by atoms with van der Waals surface area (Å²) in [5.74, 6) is 0. The van der Waals surface area contributed by atoms with Gasteiger partial charge < -0.3 is 10.1 Å². The number of methoxy groups -OCH3 is 1. The van der Waals surface area contributed by atoms with E-state index < -0.39 is 0 Å². The zero-order valence-corrected chi connectivity index (χ0v) is 14.9. The molecule has 0 unspecified atom stereocenters. The lowest BCUT2D eigenvalue weighted by molar-refractivity contribution is 0.195. The molecule has 0 aliphatic heterocycles. The van der Waals surface area contributed by atoms with Crippen LogP contribution in [0.2, 0.25) is 10.0 Å². The van der Waals surface area contributed by atoms with Gasteiger partial charge in [-0.1, -0.05) is 56.0 Å². The van der Waals surface area contributed by atoms with Crippen LogP contribution in [0.4, 0.5) is 0 Å². The fourth-order valence-electron chi connectivity index (χ4n) is 2.98. The van der Waals surface area contributed by atoms with Crippen molar-refractivity contribution >= 4 is 23.2 Å². The predicted octanol–water partition coefficient (Wildman–Crippen LogP) is 5.07. The van der Waals surface area contributed by atoms with Gasteiger partial charge >= 0.3 is 0 Å². The van der Waals surface area contributed by atoms with Crippen molar-refractivity contribution in [3.8, 4) is 0 Å². The van der Waals surface area contributed by atoms with Gasteiger partial charge in [0.05, 0.1) is 16.7 Å². The molecule has 1 N–H and O–H groups in total. The number of nitrogens with one attached hydrogen (secondary N) is 1. The molecule has 0 atom stereocenters. The number of hydrogen-bond acceptors (Lipinski definition) is 2. The van der Waals surface area contributed by atoms with Crippen molar-refractivity contribution in [2.75, 3.05) is 26.8 Å². The average Bonchev–Trinajstić information content (AvgIpc) is 2.47. The molecule has 0 fully saturated rings. The minimum atomic E-state index is 0.117. The maximum Gasteiger partial charge on any atom is 0.0595 e. The van der Waals surface area contributed by atoms with Crippen LogP contribution in [-0.4, -0.2) is 26.8 Å². The molecule has 21 heavy (non-hydrogen) atoms. The number of benzene rings is 1. The molecule has 0 bridgehead atoms. The number of rotatable bonds is 10. The normalized spacial score (nSPS) is 11.9. The summed E-state index contributed by atoms with van der Waals surface area (Å²) in [7, 11) is 1.73. The zero-order chi connectivity index (χ0) is 15.7. The summed E-state index contributed by atoms with van der Waals surface area (Å²) < 4.78 is 5.12. The van der Waals surface area contributed by atoms with Crippen molar-refractivity contribution in [1.29, 1.82) is 0 Å². The minimum absolute atomic E-state index is 0.117. The maximum atomic E-state index is 6.23. The summed E-state index contributed by atoms with van der Waals surface area (Å²) in [6.07, 6.45) is 4.57. The quantitative estimate of drug-likeness (QED) is 0.604. The summed E-state index contributed by atoms with van der Waals surface area (Å²) in [6.45, 7) is 7.01. The molecule has 4 heteroatoms. The Kier molecular flexibility index (Phi) is 8.65. The first-order chi connectivity index (χ1) is 10.1. The van der Waals surface area contributed by atoms with E-state index >= 15 is 0 Å². The van der Waals surface area contributed by atoms with E-state index in [4.69, 9.17) is 27.9 Å². The second-order valence-corrected chi connectivity index (χ2v) is 6.39. The molecule has 0 saturated carbocycles. The van der Waals surface area contributed by atoms with Crippen molar-refractivity contribution < 1.29 is 4.74 Å². The van der Waals surface area contributed by atoms with E-state index in [-0.39, 0.29) is 5.41 Å². The lowest BCUT2D eigenvalue weighted by Crippen LogP contribution is -2.39. The van der Waals surface area contributed by atoms with Crippen LogP contribution in [0.3, 0.4) is 0 Å². The van der Waals surface area contributed by atoms with Crippen LogP contribution in [0.5, 0.6) is 0 Å². The van der Waals surface area contributed by atoms with Gasteiger partial charge in [0.15, 0.2) is 0 Å². The molecule has 1 aromatic rings. The molecule has 1 aromatic carbocycles. The molecule has 2 nitrogen and oxygen atoms in total. The standard InChI is InChI=1S/C17H27Cl2NO/c1-4-8-17(9-5-2,13-20-10-11-21-3)14-6-7-15(18)16(19)12-14/h6-7,12,20H,4-5,8-11,13H2,1-3H3. The van der Waals surface area contributed by atoms with E-state index in [1.807, 2.05) is 12.1 Å². The lowest BCUT2D eigenvalue weighted by atomic mass is 9.73. The van der Waals surface area contributed by atoms with E-state index in [2.05, 4.69) is 25.2 Å². The Bertz CT molecular complexity index is 417. The van der Waals surface area contributed by atoms with Gasteiger partial charge in [0.1, 0.15) is 0 Å². The molecule has 120 valence electrons. The lowest BCUT2D eigenvalue weighted by Gasteiger charge is -2.35. The Morgan fingerprint density at radius 2 is 1.76 bits per heavy atom. The van der Waals surface area contributed by atoms with Crippen molar-refractivity contribution in [3.05, 3.63) is 33.8 Å². The van der Waals surface area contributed by atoms with Crippen LogP contribution >= 0.6 is 23.2 Å². The summed E-state index contributed by atoms with van der Waals surface area (Å²) >= 11 is 12.3. The van der Waals surface area contributed by atoms with Gasteiger partial charge in [0.25, 0.3) is 0 Å². The Balaban J connectivity index is 2.99. The van der Waals surface area contributed by atoms with E-state index in [0.717, 1.165) is 45.4 Å². The van der Waals surface area contributed by atoms with Crippen LogP contribution in [0.25, 0.3) is 0 Å². The first-order valence-electron chi connectivity index (χ1n) is 7.74. The Morgan fingerprint density at radius 1 is 1.10 bits per heavy atom. The predicted molar refractivity (Wildman–Crippen MR) is 92.7 cm³/mol. The van der Waals surface area contributed by atoms with Gasteiger partial charge in [-0.25, -0.2) is 0 Å². The van der Waals surface area contributed by atoms with Crippen LogP contribution in [0.15, 0.2) is 18.2 Å². The molecule has 0 amide bonds. The highest BCUT2D eigenvalue weighted by Crippen LogP contribution is 2.36. The Morgan fingerprint density at radius 3 is 2.29 bits per heavy atom. The van der Waals surface area contributed by atoms with Crippen LogP contribution in [0.1, 0.15) is 45.1 Å². The second-order valence-electron chi connectivity index (χ2n) is 5.58. The summed E-state index contributed by atoms with van der Waals surface area (Å²) in [4.78, 5) is 0. The fourth-order valence-corrected chi connectivity index (χ4v) is 3.28. The number of hydrogen-bond donors (Lipinski definition) is 1. The summed E-state index contributed by atoms with van der Waals surface area (Å²) in [5, 5.41) is 4.79. The third kappa shape index (κ3) is 5.45. The molecule has 0 heterocycles. The molecule has 1 rings (SSSR count). The summed E-state index contributed by atoms with van der Waals surface area (Å²) in [6, 6.07) is 6.07. The fraction of sp³-hybridized carbons (Fsp3) is 0.647. The van der Waals surface area contributed by atoms with Gasteiger partial charge in [0, 0.05) is 25.6 Å².